The molecule has 0 fully saturated rings. The molecule has 1 aliphatic carbocycles. The van der Waals surface area contributed by atoms with Crippen molar-refractivity contribution in [3.63, 3.8) is 0 Å². The average Bonchev–Trinajstić information content (AvgIpc) is 3.35. The van der Waals surface area contributed by atoms with E-state index in [4.69, 9.17) is 21.1 Å². The molecule has 2 heterocycles. The van der Waals surface area contributed by atoms with Gasteiger partial charge in [-0.05, 0) is 49.9 Å². The van der Waals surface area contributed by atoms with Gasteiger partial charge in [-0.1, -0.05) is 16.8 Å². The van der Waals surface area contributed by atoms with Gasteiger partial charge in [0, 0.05) is 29.6 Å². The number of hydrogen-bond donors (Lipinski definition) is 1. The van der Waals surface area contributed by atoms with Crippen molar-refractivity contribution in [2.75, 3.05) is 14.1 Å². The topological polar surface area (TPSA) is 79.4 Å². The Labute approximate surface area is 178 Å². The standard InChI is InChI=1S/C20H23ClN6OS/c1-22-20(27(2)12-18-24-15-5-3-4-6-16(15)29-18)23-11-17-25-19(26-28-17)13-7-9-14(21)10-8-13/h7-10H,3-6,11-12H2,1-2H3,(H,22,23). The molecule has 0 saturated carbocycles. The van der Waals surface area contributed by atoms with E-state index in [-0.39, 0.29) is 0 Å². The van der Waals surface area contributed by atoms with Gasteiger partial charge in [-0.3, -0.25) is 4.99 Å². The lowest BCUT2D eigenvalue weighted by Gasteiger charge is -2.20. The first kappa shape index (κ1) is 19.8. The van der Waals surface area contributed by atoms with Crippen LogP contribution >= 0.6 is 22.9 Å². The summed E-state index contributed by atoms with van der Waals surface area (Å²) >= 11 is 7.75. The second-order valence-corrected chi connectivity index (χ2v) is 8.56. The summed E-state index contributed by atoms with van der Waals surface area (Å²) in [5.74, 6) is 1.79. The first-order valence-electron chi connectivity index (χ1n) is 9.60. The van der Waals surface area contributed by atoms with Crippen LogP contribution in [0.3, 0.4) is 0 Å². The third kappa shape index (κ3) is 4.76. The quantitative estimate of drug-likeness (QED) is 0.488. The van der Waals surface area contributed by atoms with E-state index >= 15 is 0 Å². The highest BCUT2D eigenvalue weighted by atomic mass is 35.5. The van der Waals surface area contributed by atoms with E-state index < -0.39 is 0 Å². The number of aliphatic imine (C=N–C) groups is 1. The molecule has 0 saturated heterocycles. The number of benzene rings is 1. The second-order valence-electron chi connectivity index (χ2n) is 6.96. The number of nitrogens with zero attached hydrogens (tertiary/aromatic N) is 5. The van der Waals surface area contributed by atoms with Gasteiger partial charge < -0.3 is 14.7 Å². The molecule has 2 aromatic heterocycles. The van der Waals surface area contributed by atoms with Crippen LogP contribution in [0.5, 0.6) is 0 Å². The number of hydrogen-bond acceptors (Lipinski definition) is 6. The van der Waals surface area contributed by atoms with E-state index in [1.165, 1.54) is 23.4 Å². The number of guanidine groups is 1. The molecular formula is C20H23ClN6OS. The van der Waals surface area contributed by atoms with Crippen LogP contribution in [0.25, 0.3) is 11.4 Å². The minimum atomic E-state index is 0.395. The Hall–Kier alpha value is -2.45. The predicted molar refractivity (Wildman–Crippen MR) is 115 cm³/mol. The van der Waals surface area contributed by atoms with Crippen LogP contribution in [-0.4, -0.2) is 40.1 Å². The first-order valence-corrected chi connectivity index (χ1v) is 10.8. The average molecular weight is 431 g/mol. The van der Waals surface area contributed by atoms with Gasteiger partial charge >= 0.3 is 0 Å². The number of thiazole rings is 1. The van der Waals surface area contributed by atoms with Crippen LogP contribution in [0.4, 0.5) is 0 Å². The van der Waals surface area contributed by atoms with Crippen LogP contribution in [0.1, 0.15) is 34.3 Å². The van der Waals surface area contributed by atoms with Crippen molar-refractivity contribution in [1.29, 1.82) is 0 Å². The summed E-state index contributed by atoms with van der Waals surface area (Å²) < 4.78 is 5.36. The molecule has 7 nitrogen and oxygen atoms in total. The van der Waals surface area contributed by atoms with Crippen LogP contribution in [0.2, 0.25) is 5.02 Å². The molecule has 0 aliphatic heterocycles. The molecule has 0 amide bonds. The molecule has 0 bridgehead atoms. The van der Waals surface area contributed by atoms with Crippen molar-refractivity contribution in [2.45, 2.75) is 38.8 Å². The Morgan fingerprint density at radius 3 is 2.79 bits per heavy atom. The Morgan fingerprint density at radius 1 is 1.24 bits per heavy atom. The monoisotopic (exact) mass is 430 g/mol. The Morgan fingerprint density at radius 2 is 2.03 bits per heavy atom. The molecule has 0 unspecified atom stereocenters. The molecule has 9 heteroatoms. The van der Waals surface area contributed by atoms with Crippen molar-refractivity contribution < 1.29 is 4.52 Å². The molecule has 1 aliphatic rings. The molecule has 4 rings (SSSR count). The summed E-state index contributed by atoms with van der Waals surface area (Å²) in [5, 5.41) is 9.12. The molecule has 1 aromatic carbocycles. The minimum Gasteiger partial charge on any atom is -0.347 e. The highest BCUT2D eigenvalue weighted by molar-refractivity contribution is 7.11. The number of halogens is 1. The van der Waals surface area contributed by atoms with Gasteiger partial charge in [-0.15, -0.1) is 11.3 Å². The SMILES string of the molecule is CN=C(NCc1nc(-c2ccc(Cl)cc2)no1)N(C)Cc1nc2c(s1)CCCC2. The lowest BCUT2D eigenvalue weighted by atomic mass is 10.0. The number of fused-ring (bicyclic) bond motifs is 1. The van der Waals surface area contributed by atoms with Gasteiger partial charge in [0.2, 0.25) is 11.7 Å². The van der Waals surface area contributed by atoms with Gasteiger partial charge in [0.1, 0.15) is 5.01 Å². The highest BCUT2D eigenvalue weighted by Crippen LogP contribution is 2.27. The van der Waals surface area contributed by atoms with E-state index in [2.05, 4.69) is 25.3 Å². The summed E-state index contributed by atoms with van der Waals surface area (Å²) in [4.78, 5) is 17.1. The van der Waals surface area contributed by atoms with Crippen molar-refractivity contribution >= 4 is 28.9 Å². The smallest absolute Gasteiger partial charge is 0.246 e. The zero-order chi connectivity index (χ0) is 20.2. The van der Waals surface area contributed by atoms with Crippen molar-refractivity contribution in [3.8, 4) is 11.4 Å². The molecule has 0 spiro atoms. The predicted octanol–water partition coefficient (Wildman–Crippen LogP) is 3.93. The summed E-state index contributed by atoms with van der Waals surface area (Å²) in [6.07, 6.45) is 4.79. The van der Waals surface area contributed by atoms with Gasteiger partial charge in [-0.2, -0.15) is 4.98 Å². The summed E-state index contributed by atoms with van der Waals surface area (Å²) in [7, 11) is 3.77. The summed E-state index contributed by atoms with van der Waals surface area (Å²) in [5.41, 5.74) is 2.15. The van der Waals surface area contributed by atoms with E-state index in [0.717, 1.165) is 35.9 Å². The van der Waals surface area contributed by atoms with E-state index in [1.807, 2.05) is 30.5 Å². The lowest BCUT2D eigenvalue weighted by molar-refractivity contribution is 0.371. The largest absolute Gasteiger partial charge is 0.347 e. The molecular weight excluding hydrogens is 408 g/mol. The third-order valence-electron chi connectivity index (χ3n) is 4.80. The fourth-order valence-electron chi connectivity index (χ4n) is 3.33. The number of nitrogens with one attached hydrogen (secondary N) is 1. The third-order valence-corrected chi connectivity index (χ3v) is 6.20. The van der Waals surface area contributed by atoms with Gasteiger partial charge in [0.15, 0.2) is 5.96 Å². The van der Waals surface area contributed by atoms with E-state index in [9.17, 15) is 0 Å². The maximum absolute atomic E-state index is 5.93. The molecule has 29 heavy (non-hydrogen) atoms. The van der Waals surface area contributed by atoms with Gasteiger partial charge in [0.05, 0.1) is 18.8 Å². The van der Waals surface area contributed by atoms with Crippen molar-refractivity contribution in [3.05, 3.63) is 50.8 Å². The normalized spacial score (nSPS) is 14.0. The molecule has 3 aromatic rings. The fourth-order valence-corrected chi connectivity index (χ4v) is 4.67. The second kappa shape index (κ2) is 8.92. The minimum absolute atomic E-state index is 0.395. The summed E-state index contributed by atoms with van der Waals surface area (Å²) in [6, 6.07) is 7.34. The maximum Gasteiger partial charge on any atom is 0.246 e. The molecule has 1 N–H and O–H groups in total. The van der Waals surface area contributed by atoms with E-state index in [0.29, 0.717) is 23.3 Å². The number of rotatable bonds is 5. The van der Waals surface area contributed by atoms with Crippen molar-refractivity contribution in [1.82, 2.24) is 25.3 Å². The van der Waals surface area contributed by atoms with Crippen LogP contribution in [0.15, 0.2) is 33.8 Å². The van der Waals surface area contributed by atoms with Gasteiger partial charge in [-0.25, -0.2) is 4.98 Å². The zero-order valence-electron chi connectivity index (χ0n) is 16.5. The number of aryl methyl sites for hydroxylation is 2. The van der Waals surface area contributed by atoms with E-state index in [1.54, 1.807) is 19.2 Å². The Balaban J connectivity index is 1.35. The highest BCUT2D eigenvalue weighted by Gasteiger charge is 2.17. The van der Waals surface area contributed by atoms with Crippen molar-refractivity contribution in [2.24, 2.45) is 4.99 Å². The van der Waals surface area contributed by atoms with Crippen LogP contribution < -0.4 is 5.32 Å². The summed E-state index contributed by atoms with van der Waals surface area (Å²) in [6.45, 7) is 1.11. The Kier molecular flexibility index (Phi) is 6.10. The molecule has 0 radical (unpaired) electrons. The van der Waals surface area contributed by atoms with Crippen LogP contribution in [0, 0.1) is 0 Å². The molecule has 0 atom stereocenters. The molecule has 152 valence electrons. The first-order chi connectivity index (χ1) is 14.1. The fraction of sp³-hybridized carbons (Fsp3) is 0.400. The zero-order valence-corrected chi connectivity index (χ0v) is 18.1. The number of aromatic nitrogens is 3. The maximum atomic E-state index is 5.93. The van der Waals surface area contributed by atoms with Crippen LogP contribution in [-0.2, 0) is 25.9 Å². The lowest BCUT2D eigenvalue weighted by Crippen LogP contribution is -2.38. The Bertz CT molecular complexity index is 973. The van der Waals surface area contributed by atoms with Gasteiger partial charge in [0.25, 0.3) is 0 Å².